The molecule has 0 saturated heterocycles. The van der Waals surface area contributed by atoms with Gasteiger partial charge in [-0.3, -0.25) is 0 Å². The van der Waals surface area contributed by atoms with Gasteiger partial charge < -0.3 is 9.47 Å². The van der Waals surface area contributed by atoms with Crippen LogP contribution in [-0.4, -0.2) is 34.3 Å². The molecule has 0 radical (unpaired) electrons. The van der Waals surface area contributed by atoms with Crippen LogP contribution in [0.25, 0.3) is 0 Å². The number of sulfonamides is 1. The summed E-state index contributed by atoms with van der Waals surface area (Å²) in [5.74, 6) is 2.45. The van der Waals surface area contributed by atoms with Crippen LogP contribution in [0.1, 0.15) is 38.5 Å². The van der Waals surface area contributed by atoms with E-state index in [1.807, 2.05) is 0 Å². The minimum Gasteiger partial charge on any atom is -0.494 e. The molecule has 0 amide bonds. The van der Waals surface area contributed by atoms with E-state index in [4.69, 9.17) is 32.7 Å². The zero-order chi connectivity index (χ0) is 19.2. The number of benzene rings is 1. The highest BCUT2D eigenvalue weighted by atomic mass is 35.5. The third kappa shape index (κ3) is 3.84. The molecule has 4 saturated carbocycles. The Morgan fingerprint density at radius 2 is 1.70 bits per heavy atom. The maximum Gasteiger partial charge on any atom is 0.244 e. The molecule has 5 nitrogen and oxygen atoms in total. The molecule has 0 atom stereocenters. The molecular weight excluding hydrogens is 409 g/mol. The zero-order valence-corrected chi connectivity index (χ0v) is 17.7. The lowest BCUT2D eigenvalue weighted by molar-refractivity contribution is -0.160. The fraction of sp³-hybridized carbons (Fsp3) is 0.684. The molecule has 1 aromatic carbocycles. The number of methoxy groups -OCH3 is 1. The lowest BCUT2D eigenvalue weighted by atomic mass is 9.54. The lowest BCUT2D eigenvalue weighted by Gasteiger charge is -2.56. The quantitative estimate of drug-likeness (QED) is 0.652. The smallest absolute Gasteiger partial charge is 0.244 e. The third-order valence-corrected chi connectivity index (χ3v) is 8.56. The molecule has 0 spiro atoms. The maximum absolute atomic E-state index is 12.6. The summed E-state index contributed by atoms with van der Waals surface area (Å²) >= 11 is 12.0. The van der Waals surface area contributed by atoms with Crippen molar-refractivity contribution < 1.29 is 17.9 Å². The first-order valence-corrected chi connectivity index (χ1v) is 11.7. The highest BCUT2D eigenvalue weighted by Gasteiger charge is 2.51. The Morgan fingerprint density at radius 3 is 2.26 bits per heavy atom. The minimum absolute atomic E-state index is 0.0193. The van der Waals surface area contributed by atoms with Gasteiger partial charge in [0.05, 0.1) is 24.3 Å². The molecule has 0 aliphatic heterocycles. The summed E-state index contributed by atoms with van der Waals surface area (Å²) in [4.78, 5) is -0.0193. The Hall–Kier alpha value is -0.530. The van der Waals surface area contributed by atoms with Crippen molar-refractivity contribution in [2.24, 2.45) is 17.8 Å². The Bertz CT molecular complexity index is 792. The van der Waals surface area contributed by atoms with E-state index < -0.39 is 10.0 Å². The summed E-state index contributed by atoms with van der Waals surface area (Å²) in [5.41, 5.74) is -0.0263. The van der Waals surface area contributed by atoms with Gasteiger partial charge in [0.25, 0.3) is 0 Å². The molecule has 1 aromatic rings. The van der Waals surface area contributed by atoms with Gasteiger partial charge in [0.1, 0.15) is 9.92 Å². The molecule has 4 aliphatic rings. The second-order valence-corrected chi connectivity index (χ2v) is 10.8. The summed E-state index contributed by atoms with van der Waals surface area (Å²) in [6.45, 7) is 0.586. The van der Waals surface area contributed by atoms with E-state index in [9.17, 15) is 8.42 Å². The third-order valence-electron chi connectivity index (χ3n) is 6.29. The van der Waals surface area contributed by atoms with Crippen LogP contribution in [0.4, 0.5) is 0 Å². The number of rotatable bonds is 7. The maximum atomic E-state index is 12.6. The standard InChI is InChI=1S/C19H25Cl2NO4S/c1-25-18-16(3-2-15(20)17(18)21)27(23,24)22-4-5-26-19-9-12-6-13(10-19)8-14(7-12)11-19/h2-3,12-14,22H,4-11H2,1H3. The van der Waals surface area contributed by atoms with Gasteiger partial charge in [-0.05, 0) is 68.4 Å². The van der Waals surface area contributed by atoms with E-state index in [1.54, 1.807) is 0 Å². The van der Waals surface area contributed by atoms with E-state index in [1.165, 1.54) is 38.5 Å². The van der Waals surface area contributed by atoms with E-state index in [-0.39, 0.29) is 32.8 Å². The van der Waals surface area contributed by atoms with Crippen molar-refractivity contribution in [2.45, 2.75) is 49.0 Å². The Morgan fingerprint density at radius 1 is 1.11 bits per heavy atom. The van der Waals surface area contributed by atoms with Crippen LogP contribution in [0.15, 0.2) is 17.0 Å². The van der Waals surface area contributed by atoms with Crippen molar-refractivity contribution in [1.29, 1.82) is 0 Å². The van der Waals surface area contributed by atoms with Crippen molar-refractivity contribution >= 4 is 33.2 Å². The summed E-state index contributed by atoms with van der Waals surface area (Å²) in [5, 5.41) is 0.337. The molecule has 0 unspecified atom stereocenters. The second kappa shape index (κ2) is 7.38. The Kier molecular flexibility index (Phi) is 5.40. The average molecular weight is 434 g/mol. The van der Waals surface area contributed by atoms with E-state index >= 15 is 0 Å². The van der Waals surface area contributed by atoms with Gasteiger partial charge >= 0.3 is 0 Å². The summed E-state index contributed by atoms with van der Waals surface area (Å²) in [7, 11) is -2.40. The van der Waals surface area contributed by atoms with Crippen molar-refractivity contribution in [3.63, 3.8) is 0 Å². The molecule has 4 bridgehead atoms. The van der Waals surface area contributed by atoms with Gasteiger partial charge in [-0.25, -0.2) is 13.1 Å². The number of halogens is 2. The number of ether oxygens (including phenoxy) is 2. The first-order valence-electron chi connectivity index (χ1n) is 9.47. The van der Waals surface area contributed by atoms with Gasteiger partial charge in [0.2, 0.25) is 10.0 Å². The molecular formula is C19H25Cl2NO4S. The molecule has 0 heterocycles. The van der Waals surface area contributed by atoms with Crippen LogP contribution in [0, 0.1) is 17.8 Å². The van der Waals surface area contributed by atoms with Gasteiger partial charge in [0.15, 0.2) is 5.75 Å². The lowest BCUT2D eigenvalue weighted by Crippen LogP contribution is -2.52. The van der Waals surface area contributed by atoms with Gasteiger partial charge in [-0.1, -0.05) is 23.2 Å². The predicted octanol–water partition coefficient (Wildman–Crippen LogP) is 4.27. The second-order valence-electron chi connectivity index (χ2n) is 8.24. The zero-order valence-electron chi connectivity index (χ0n) is 15.3. The Balaban J connectivity index is 1.37. The van der Waals surface area contributed by atoms with E-state index in [0.29, 0.717) is 6.61 Å². The monoisotopic (exact) mass is 433 g/mol. The van der Waals surface area contributed by atoms with Crippen LogP contribution in [0.5, 0.6) is 5.75 Å². The largest absolute Gasteiger partial charge is 0.494 e. The normalized spacial score (nSPS) is 32.0. The number of nitrogens with one attached hydrogen (secondary N) is 1. The van der Waals surface area contributed by atoms with E-state index in [0.717, 1.165) is 37.0 Å². The van der Waals surface area contributed by atoms with E-state index in [2.05, 4.69) is 4.72 Å². The first-order chi connectivity index (χ1) is 12.8. The average Bonchev–Trinajstić information content (AvgIpc) is 2.59. The van der Waals surface area contributed by atoms with Crippen LogP contribution in [-0.2, 0) is 14.8 Å². The molecule has 4 fully saturated rings. The fourth-order valence-electron chi connectivity index (χ4n) is 5.65. The fourth-order valence-corrected chi connectivity index (χ4v) is 7.28. The molecule has 0 aromatic heterocycles. The van der Waals surface area contributed by atoms with Crippen molar-refractivity contribution in [2.75, 3.05) is 20.3 Å². The van der Waals surface area contributed by atoms with Gasteiger partial charge in [-0.15, -0.1) is 0 Å². The van der Waals surface area contributed by atoms with Crippen molar-refractivity contribution in [3.8, 4) is 5.75 Å². The van der Waals surface area contributed by atoms with Crippen molar-refractivity contribution in [3.05, 3.63) is 22.2 Å². The summed E-state index contributed by atoms with van der Waals surface area (Å²) < 4.78 is 39.3. The van der Waals surface area contributed by atoms with Gasteiger partial charge in [0, 0.05) is 6.54 Å². The molecule has 27 heavy (non-hydrogen) atoms. The Labute approximate surface area is 170 Å². The number of hydrogen-bond acceptors (Lipinski definition) is 4. The van der Waals surface area contributed by atoms with Crippen LogP contribution >= 0.6 is 23.2 Å². The minimum atomic E-state index is -3.77. The molecule has 150 valence electrons. The highest BCUT2D eigenvalue weighted by molar-refractivity contribution is 7.89. The SMILES string of the molecule is COc1c(S(=O)(=O)NCCOC23CC4CC(CC(C4)C2)C3)ccc(Cl)c1Cl. The molecule has 4 aliphatic carbocycles. The topological polar surface area (TPSA) is 64.6 Å². The van der Waals surface area contributed by atoms with Crippen molar-refractivity contribution in [1.82, 2.24) is 4.72 Å². The summed E-state index contributed by atoms with van der Waals surface area (Å²) in [6.07, 6.45) is 7.45. The summed E-state index contributed by atoms with van der Waals surface area (Å²) in [6, 6.07) is 2.85. The van der Waals surface area contributed by atoms with Crippen LogP contribution in [0.2, 0.25) is 10.0 Å². The molecule has 1 N–H and O–H groups in total. The first kappa shape index (κ1) is 19.8. The van der Waals surface area contributed by atoms with Crippen LogP contribution in [0.3, 0.4) is 0 Å². The number of hydrogen-bond donors (Lipinski definition) is 1. The van der Waals surface area contributed by atoms with Gasteiger partial charge in [-0.2, -0.15) is 0 Å². The predicted molar refractivity (Wildman–Crippen MR) is 105 cm³/mol. The molecule has 8 heteroatoms. The van der Waals surface area contributed by atoms with Crippen LogP contribution < -0.4 is 9.46 Å². The molecule has 5 rings (SSSR count). The highest BCUT2D eigenvalue weighted by Crippen LogP contribution is 2.57.